The molecule has 0 radical (unpaired) electrons. The lowest BCUT2D eigenvalue weighted by atomic mass is 10.3. The maximum Gasteiger partial charge on any atom is 0.233 e. The Kier molecular flexibility index (Phi) is 16.6. The van der Waals surface area contributed by atoms with Crippen LogP contribution in [-0.4, -0.2) is 22.5 Å². The molecule has 0 atom stereocenters. The summed E-state index contributed by atoms with van der Waals surface area (Å²) in [6, 6.07) is 0. The number of hydrogen-bond donors (Lipinski definition) is 5. The van der Waals surface area contributed by atoms with Gasteiger partial charge in [0.1, 0.15) is 0 Å². The number of rotatable bonds is 3. The smallest absolute Gasteiger partial charge is 0.233 e. The lowest BCUT2D eigenvalue weighted by Crippen LogP contribution is -2.29. The number of hydrazine groups is 2. The van der Waals surface area contributed by atoms with E-state index in [2.05, 4.69) is 24.3 Å². The third-order valence-corrected chi connectivity index (χ3v) is 2.85. The first-order valence-corrected chi connectivity index (χ1v) is 6.41. The molecule has 0 aromatic carbocycles. The second kappa shape index (κ2) is 14.7. The van der Waals surface area contributed by atoms with Gasteiger partial charge < -0.3 is 0 Å². The molecule has 7 N–H and O–H groups in total. The number of thiol groups is 1. The highest BCUT2D eigenvalue weighted by atomic mass is 32.2. The molecule has 0 bridgehead atoms. The molecule has 1 aliphatic rings. The van der Waals surface area contributed by atoms with Crippen molar-refractivity contribution in [3.63, 3.8) is 0 Å². The van der Waals surface area contributed by atoms with E-state index in [1.54, 1.807) is 0 Å². The molecule has 0 aromatic heterocycles. The molecule has 6 nitrogen and oxygen atoms in total. The van der Waals surface area contributed by atoms with Gasteiger partial charge in [0.2, 0.25) is 5.91 Å². The maximum atomic E-state index is 10.3. The zero-order valence-electron chi connectivity index (χ0n) is 9.15. The van der Waals surface area contributed by atoms with Crippen LogP contribution in [-0.2, 0) is 9.59 Å². The van der Waals surface area contributed by atoms with E-state index >= 15 is 0 Å². The van der Waals surface area contributed by atoms with E-state index in [9.17, 15) is 9.59 Å². The molecule has 1 amide bonds. The molecule has 0 unspecified atom stereocenters. The summed E-state index contributed by atoms with van der Waals surface area (Å²) in [6.07, 6.45) is 3.17. The van der Waals surface area contributed by atoms with Gasteiger partial charge in [-0.2, -0.15) is 12.6 Å². The largest absolute Gasteiger partial charge is 0.294 e. The molecule has 1 rings (SSSR count). The van der Waals surface area contributed by atoms with Gasteiger partial charge >= 0.3 is 0 Å². The summed E-state index contributed by atoms with van der Waals surface area (Å²) < 4.78 is 0. The maximum absolute atomic E-state index is 10.3. The Morgan fingerprint density at radius 2 is 2.12 bits per heavy atom. The van der Waals surface area contributed by atoms with Gasteiger partial charge in [0, 0.05) is 18.6 Å². The van der Waals surface area contributed by atoms with E-state index in [0.29, 0.717) is 11.5 Å². The third-order valence-electron chi connectivity index (χ3n) is 1.51. The highest BCUT2D eigenvalue weighted by Crippen LogP contribution is 2.17. The van der Waals surface area contributed by atoms with Gasteiger partial charge in [-0.3, -0.25) is 26.7 Å². The summed E-state index contributed by atoms with van der Waals surface area (Å²) in [4.78, 5) is 20.5. The summed E-state index contributed by atoms with van der Waals surface area (Å²) >= 11 is 5.37. The molecule has 1 saturated heterocycles. The Bertz CT molecular complexity index is 185. The third kappa shape index (κ3) is 13.7. The van der Waals surface area contributed by atoms with E-state index in [4.69, 9.17) is 5.84 Å². The van der Waals surface area contributed by atoms with E-state index in [1.807, 2.05) is 5.43 Å². The van der Waals surface area contributed by atoms with Crippen molar-refractivity contribution in [3.05, 3.63) is 0 Å². The zero-order valence-corrected chi connectivity index (χ0v) is 10.9. The molecule has 0 aliphatic carbocycles. The fraction of sp³-hybridized carbons (Fsp3) is 0.750. The minimum absolute atomic E-state index is 0.126. The Morgan fingerprint density at radius 3 is 2.38 bits per heavy atom. The predicted molar refractivity (Wildman–Crippen MR) is 70.5 cm³/mol. The Hall–Kier alpha value is -0.280. The molecule has 0 aromatic rings. The van der Waals surface area contributed by atoms with E-state index in [1.165, 1.54) is 11.8 Å². The van der Waals surface area contributed by atoms with Crippen LogP contribution in [0, 0.1) is 0 Å². The molecule has 96 valence electrons. The standard InChI is InChI=1S/C4H10N2OS.C4H6OS.H4N2/c5-6-4(7)2-1-3-8;5-4-2-1-3-6-4;1-2/h8H,1-3,5H2,(H,6,7);1-3H2;1-2H2. The van der Waals surface area contributed by atoms with Gasteiger partial charge in [-0.05, 0) is 18.6 Å². The normalized spacial score (nSPS) is 13.1. The number of carbonyl (C=O) groups excluding carboxylic acids is 2. The summed E-state index contributed by atoms with van der Waals surface area (Å²) in [5.74, 6) is 14.4. The molecule has 16 heavy (non-hydrogen) atoms. The van der Waals surface area contributed by atoms with Crippen LogP contribution in [0.5, 0.6) is 0 Å². The van der Waals surface area contributed by atoms with Crippen molar-refractivity contribution in [2.45, 2.75) is 25.7 Å². The first-order chi connectivity index (χ1) is 7.70. The van der Waals surface area contributed by atoms with Crippen molar-refractivity contribution in [1.29, 1.82) is 0 Å². The van der Waals surface area contributed by atoms with E-state index < -0.39 is 0 Å². The molecule has 0 spiro atoms. The van der Waals surface area contributed by atoms with Crippen LogP contribution >= 0.6 is 24.4 Å². The van der Waals surface area contributed by atoms with Crippen molar-refractivity contribution in [2.24, 2.45) is 17.5 Å². The quantitative estimate of drug-likeness (QED) is 0.204. The Morgan fingerprint density at radius 1 is 1.50 bits per heavy atom. The van der Waals surface area contributed by atoms with Crippen molar-refractivity contribution in [2.75, 3.05) is 11.5 Å². The van der Waals surface area contributed by atoms with E-state index in [-0.39, 0.29) is 5.91 Å². The van der Waals surface area contributed by atoms with Gasteiger partial charge in [0.15, 0.2) is 5.12 Å². The highest BCUT2D eigenvalue weighted by Gasteiger charge is 2.08. The number of carbonyl (C=O) groups is 2. The number of nitrogens with one attached hydrogen (secondary N) is 1. The molecule has 1 heterocycles. The average Bonchev–Trinajstić information content (AvgIpc) is 2.80. The minimum atomic E-state index is -0.126. The summed E-state index contributed by atoms with van der Waals surface area (Å²) in [6.45, 7) is 0. The number of nitrogens with two attached hydrogens (primary N) is 3. The number of thioether (sulfide) groups is 1. The zero-order chi connectivity index (χ0) is 12.8. The summed E-state index contributed by atoms with van der Waals surface area (Å²) in [7, 11) is 0. The molecule has 1 aliphatic heterocycles. The fourth-order valence-corrected chi connectivity index (χ4v) is 1.75. The second-order valence-electron chi connectivity index (χ2n) is 2.72. The predicted octanol–water partition coefficient (Wildman–Crippen LogP) is -0.455. The number of hydrogen-bond acceptors (Lipinski definition) is 7. The lowest BCUT2D eigenvalue weighted by Gasteiger charge is -1.93. The monoisotopic (exact) mass is 268 g/mol. The molecule has 1 fully saturated rings. The van der Waals surface area contributed by atoms with Crippen molar-refractivity contribution < 1.29 is 9.59 Å². The van der Waals surface area contributed by atoms with Crippen molar-refractivity contribution >= 4 is 35.4 Å². The molecular formula is C8H20N4O2S2. The fourth-order valence-electron chi connectivity index (χ4n) is 0.786. The summed E-state index contributed by atoms with van der Waals surface area (Å²) in [5, 5.41) is 0.370. The topological polar surface area (TPSA) is 124 Å². The van der Waals surface area contributed by atoms with Crippen LogP contribution in [0.25, 0.3) is 0 Å². The molecule has 0 saturated carbocycles. The van der Waals surface area contributed by atoms with E-state index in [0.717, 1.165) is 30.8 Å². The van der Waals surface area contributed by atoms with Crippen LogP contribution in [0.15, 0.2) is 0 Å². The highest BCUT2D eigenvalue weighted by molar-refractivity contribution is 8.14. The van der Waals surface area contributed by atoms with Crippen molar-refractivity contribution in [3.8, 4) is 0 Å². The van der Waals surface area contributed by atoms with Gasteiger partial charge in [-0.15, -0.1) is 0 Å². The van der Waals surface area contributed by atoms with Gasteiger partial charge in [-0.25, -0.2) is 5.84 Å². The number of amides is 1. The Labute approximate surface area is 105 Å². The SMILES string of the molecule is NN.NNC(=O)CCCS.O=C1CCCS1. The van der Waals surface area contributed by atoms with Crippen LogP contribution in [0.1, 0.15) is 25.7 Å². The van der Waals surface area contributed by atoms with Gasteiger partial charge in [-0.1, -0.05) is 11.8 Å². The van der Waals surface area contributed by atoms with Crippen LogP contribution in [0.3, 0.4) is 0 Å². The average molecular weight is 268 g/mol. The first kappa shape index (κ1) is 18.1. The summed E-state index contributed by atoms with van der Waals surface area (Å²) in [5.41, 5.74) is 2.03. The van der Waals surface area contributed by atoms with Crippen molar-refractivity contribution in [1.82, 2.24) is 5.43 Å². The first-order valence-electron chi connectivity index (χ1n) is 4.80. The molecule has 8 heteroatoms. The van der Waals surface area contributed by atoms with Crippen LogP contribution < -0.4 is 23.0 Å². The molecular weight excluding hydrogens is 248 g/mol. The minimum Gasteiger partial charge on any atom is -0.294 e. The van der Waals surface area contributed by atoms with Crippen LogP contribution in [0.4, 0.5) is 0 Å². The second-order valence-corrected chi connectivity index (χ2v) is 4.32. The van der Waals surface area contributed by atoms with Gasteiger partial charge in [0.25, 0.3) is 0 Å². The van der Waals surface area contributed by atoms with Gasteiger partial charge in [0.05, 0.1) is 0 Å². The Balaban J connectivity index is 0. The lowest BCUT2D eigenvalue weighted by molar-refractivity contribution is -0.121. The van der Waals surface area contributed by atoms with Crippen LogP contribution in [0.2, 0.25) is 0 Å².